The first-order valence-corrected chi connectivity index (χ1v) is 10.5. The molecule has 1 fully saturated rings. The number of carboxylic acids is 1. The Balaban J connectivity index is 1.62. The summed E-state index contributed by atoms with van der Waals surface area (Å²) in [6.07, 6.45) is 1.50. The Bertz CT molecular complexity index is 1330. The summed E-state index contributed by atoms with van der Waals surface area (Å²) in [5, 5.41) is 22.3. The third kappa shape index (κ3) is 4.15. The van der Waals surface area contributed by atoms with Crippen LogP contribution in [0.25, 0.3) is 17.4 Å². The van der Waals surface area contributed by atoms with Crippen LogP contribution < -0.4 is 10.0 Å². The predicted octanol–water partition coefficient (Wildman–Crippen LogP) is 4.28. The summed E-state index contributed by atoms with van der Waals surface area (Å²) >= 11 is 12.2. The summed E-state index contributed by atoms with van der Waals surface area (Å²) < 4.78 is 5.96. The average molecular weight is 486 g/mol. The van der Waals surface area contributed by atoms with Crippen molar-refractivity contribution in [1.29, 1.82) is 0 Å². The van der Waals surface area contributed by atoms with Crippen molar-refractivity contribution >= 4 is 69.2 Å². The molecule has 1 amide bonds. The van der Waals surface area contributed by atoms with Crippen molar-refractivity contribution in [1.82, 2.24) is 0 Å². The molecular weight excluding hydrogens is 476 g/mol. The van der Waals surface area contributed by atoms with Crippen LogP contribution in [0.3, 0.4) is 0 Å². The van der Waals surface area contributed by atoms with Crippen molar-refractivity contribution in [2.24, 2.45) is 0 Å². The van der Waals surface area contributed by atoms with Crippen molar-refractivity contribution in [3.8, 4) is 11.3 Å². The number of rotatable bonds is 5. The molecule has 4 rings (SSSR count). The minimum atomic E-state index is -1.41. The maximum Gasteiger partial charge on any atom is 0.271 e. The van der Waals surface area contributed by atoms with E-state index in [1.165, 1.54) is 41.3 Å². The highest BCUT2D eigenvalue weighted by Gasteiger charge is 2.34. The van der Waals surface area contributed by atoms with Crippen LogP contribution in [0.1, 0.15) is 16.1 Å². The first-order chi connectivity index (χ1) is 15.2. The van der Waals surface area contributed by atoms with E-state index in [0.717, 1.165) is 11.8 Å². The van der Waals surface area contributed by atoms with Gasteiger partial charge in [-0.25, -0.2) is 0 Å². The van der Waals surface area contributed by atoms with Crippen LogP contribution in [-0.2, 0) is 4.79 Å². The predicted molar refractivity (Wildman–Crippen MR) is 122 cm³/mol. The van der Waals surface area contributed by atoms with Gasteiger partial charge in [-0.2, -0.15) is 0 Å². The molecule has 32 heavy (non-hydrogen) atoms. The van der Waals surface area contributed by atoms with Crippen molar-refractivity contribution in [3.05, 3.63) is 86.0 Å². The van der Waals surface area contributed by atoms with Crippen LogP contribution in [0.4, 0.5) is 11.4 Å². The van der Waals surface area contributed by atoms with Gasteiger partial charge >= 0.3 is 0 Å². The highest BCUT2D eigenvalue weighted by molar-refractivity contribution is 8.27. The molecule has 3 aromatic rings. The van der Waals surface area contributed by atoms with Gasteiger partial charge in [0.2, 0.25) is 0 Å². The van der Waals surface area contributed by atoms with E-state index in [1.807, 2.05) is 0 Å². The fourth-order valence-corrected chi connectivity index (χ4v) is 4.46. The Labute approximate surface area is 195 Å². The second-order valence-corrected chi connectivity index (χ2v) is 8.56. The number of carbonyl (C=O) groups is 2. The first-order valence-electron chi connectivity index (χ1n) is 8.88. The molecule has 0 unspecified atom stereocenters. The molecule has 1 aliphatic heterocycles. The van der Waals surface area contributed by atoms with Gasteiger partial charge in [0.15, 0.2) is 4.32 Å². The number of aromatic carboxylic acids is 1. The van der Waals surface area contributed by atoms with Crippen LogP contribution in [0, 0.1) is 10.1 Å². The number of hydrogen-bond donors (Lipinski definition) is 0. The van der Waals surface area contributed by atoms with E-state index >= 15 is 0 Å². The van der Waals surface area contributed by atoms with E-state index in [9.17, 15) is 24.8 Å². The zero-order valence-corrected chi connectivity index (χ0v) is 18.2. The number of furan rings is 1. The molecule has 11 heteroatoms. The highest BCUT2D eigenvalue weighted by Crippen LogP contribution is 2.37. The van der Waals surface area contributed by atoms with Crippen molar-refractivity contribution < 1.29 is 24.0 Å². The topological polar surface area (TPSA) is 117 Å². The number of anilines is 1. The molecule has 8 nitrogen and oxygen atoms in total. The number of non-ortho nitro benzene ring substituents is 1. The number of thiocarbonyl (C=S) groups is 1. The zero-order valence-electron chi connectivity index (χ0n) is 15.8. The molecule has 0 aliphatic carbocycles. The van der Waals surface area contributed by atoms with E-state index in [-0.39, 0.29) is 25.5 Å². The number of nitro benzene ring substituents is 1. The number of amides is 1. The molecule has 1 aliphatic rings. The smallest absolute Gasteiger partial charge is 0.271 e. The molecule has 0 N–H and O–H groups in total. The molecule has 0 bridgehead atoms. The number of carbonyl (C=O) groups excluding carboxylic acids is 2. The molecule has 0 atom stereocenters. The number of hydrogen-bond acceptors (Lipinski definition) is 8. The van der Waals surface area contributed by atoms with Gasteiger partial charge in [-0.1, -0.05) is 41.6 Å². The molecule has 0 spiro atoms. The third-order valence-corrected chi connectivity index (χ3v) is 6.10. The summed E-state index contributed by atoms with van der Waals surface area (Å²) in [6.45, 7) is 0. The summed E-state index contributed by atoms with van der Waals surface area (Å²) in [6, 6.07) is 13.2. The molecule has 1 aromatic heterocycles. The summed E-state index contributed by atoms with van der Waals surface area (Å²) in [5.41, 5.74) is 0.439. The van der Waals surface area contributed by atoms with Crippen molar-refractivity contribution in [2.45, 2.75) is 0 Å². The Morgan fingerprint density at radius 1 is 1.19 bits per heavy atom. The molecule has 1 saturated heterocycles. The van der Waals surface area contributed by atoms with Crippen molar-refractivity contribution in [2.75, 3.05) is 4.90 Å². The summed E-state index contributed by atoms with van der Waals surface area (Å²) in [4.78, 5) is 36.0. The van der Waals surface area contributed by atoms with Gasteiger partial charge in [-0.05, 0) is 36.4 Å². The highest BCUT2D eigenvalue weighted by atomic mass is 35.5. The van der Waals surface area contributed by atoms with Crippen LogP contribution in [-0.4, -0.2) is 21.1 Å². The monoisotopic (exact) mass is 485 g/mol. The second kappa shape index (κ2) is 8.58. The van der Waals surface area contributed by atoms with Crippen LogP contribution >= 0.6 is 35.6 Å². The van der Waals surface area contributed by atoms with E-state index in [1.54, 1.807) is 24.3 Å². The largest absolute Gasteiger partial charge is 0.545 e. The van der Waals surface area contributed by atoms with Gasteiger partial charge in [-0.3, -0.25) is 19.8 Å². The molecule has 160 valence electrons. The molecule has 0 radical (unpaired) electrons. The maximum atomic E-state index is 12.9. The maximum absolute atomic E-state index is 12.9. The van der Waals surface area contributed by atoms with Gasteiger partial charge in [0.05, 0.1) is 21.5 Å². The Kier molecular flexibility index (Phi) is 5.83. The Morgan fingerprint density at radius 2 is 1.97 bits per heavy atom. The molecule has 2 heterocycles. The standard InChI is InChI=1S/C21H11ClN2O6S2/c22-16-6-4-11(8-15(16)20(26)27)17-7-5-14(30-17)10-18-19(25)23(21(31)32-18)12-2-1-3-13(9-12)24(28)29/h1-10H,(H,26,27)/p-1/b18-10+. The minimum absolute atomic E-state index is 0.0466. The molecule has 0 saturated carbocycles. The summed E-state index contributed by atoms with van der Waals surface area (Å²) in [7, 11) is 0. The van der Waals surface area contributed by atoms with E-state index < -0.39 is 16.8 Å². The number of nitrogens with zero attached hydrogens (tertiary/aromatic N) is 2. The third-order valence-electron chi connectivity index (χ3n) is 4.46. The lowest BCUT2D eigenvalue weighted by Crippen LogP contribution is -2.27. The molecular formula is C21H10ClN2O6S2-. The summed E-state index contributed by atoms with van der Waals surface area (Å²) in [5.74, 6) is -1.15. The number of nitro groups is 1. The number of thioether (sulfide) groups is 1. The van der Waals surface area contributed by atoms with Crippen LogP contribution in [0.5, 0.6) is 0 Å². The van der Waals surface area contributed by atoms with E-state index in [0.29, 0.717) is 22.8 Å². The zero-order chi connectivity index (χ0) is 23.0. The van der Waals surface area contributed by atoms with Gasteiger partial charge in [0.1, 0.15) is 11.5 Å². The van der Waals surface area contributed by atoms with Crippen LogP contribution in [0.15, 0.2) is 63.9 Å². The number of benzene rings is 2. The first kappa shape index (κ1) is 21.8. The van der Waals surface area contributed by atoms with E-state index in [4.69, 9.17) is 28.2 Å². The van der Waals surface area contributed by atoms with Gasteiger partial charge in [0, 0.05) is 34.4 Å². The number of halogens is 1. The lowest BCUT2D eigenvalue weighted by molar-refractivity contribution is -0.384. The van der Waals surface area contributed by atoms with Gasteiger partial charge in [0.25, 0.3) is 11.6 Å². The number of carboxylic acid groups (broad SMARTS) is 1. The fourth-order valence-electron chi connectivity index (χ4n) is 2.99. The second-order valence-electron chi connectivity index (χ2n) is 6.48. The average Bonchev–Trinajstić information content (AvgIpc) is 3.32. The normalized spacial score (nSPS) is 14.9. The fraction of sp³-hybridized carbons (Fsp3) is 0. The lowest BCUT2D eigenvalue weighted by Gasteiger charge is -2.13. The van der Waals surface area contributed by atoms with Crippen molar-refractivity contribution in [3.63, 3.8) is 0 Å². The lowest BCUT2D eigenvalue weighted by atomic mass is 10.1. The van der Waals surface area contributed by atoms with Gasteiger partial charge < -0.3 is 14.3 Å². The van der Waals surface area contributed by atoms with Crippen LogP contribution in [0.2, 0.25) is 5.02 Å². The minimum Gasteiger partial charge on any atom is -0.545 e. The Morgan fingerprint density at radius 3 is 2.69 bits per heavy atom. The quantitative estimate of drug-likeness (QED) is 0.227. The SMILES string of the molecule is O=C([O-])c1cc(-c2ccc(/C=C3/SC(=S)N(c4cccc([N+](=O)[O-])c4)C3=O)o2)ccc1Cl. The van der Waals surface area contributed by atoms with E-state index in [2.05, 4.69) is 0 Å². The van der Waals surface area contributed by atoms with Gasteiger partial charge in [-0.15, -0.1) is 0 Å². The molecule has 2 aromatic carbocycles. The Hall–Kier alpha value is -3.47.